The quantitative estimate of drug-likeness (QED) is 0.443. The molecule has 26 heavy (non-hydrogen) atoms. The van der Waals surface area contributed by atoms with Gasteiger partial charge in [0.05, 0.1) is 0 Å². The van der Waals surface area contributed by atoms with E-state index in [-0.39, 0.29) is 10.8 Å². The molecule has 0 aromatic heterocycles. The summed E-state index contributed by atoms with van der Waals surface area (Å²) in [4.78, 5) is 0. The third-order valence-corrected chi connectivity index (χ3v) is 3.84. The van der Waals surface area contributed by atoms with Crippen LogP contribution in [0.1, 0.15) is 91.5 Å². The van der Waals surface area contributed by atoms with Crippen LogP contribution in [0.25, 0.3) is 0 Å². The number of hydrogen-bond acceptors (Lipinski definition) is 0. The molecule has 0 heterocycles. The van der Waals surface area contributed by atoms with Gasteiger partial charge in [-0.1, -0.05) is 129 Å². The molecule has 0 saturated heterocycles. The van der Waals surface area contributed by atoms with Crippen molar-refractivity contribution in [2.75, 3.05) is 0 Å². The smallest absolute Gasteiger partial charge is 0.0132 e. The average molecular weight is 357 g/mol. The SMILES string of the molecule is CC.CC.Cc1ccc(C(C)(C)C)cc1.Cc1ccc(C(C)(C)C)cc1. The van der Waals surface area contributed by atoms with E-state index in [9.17, 15) is 0 Å². The summed E-state index contributed by atoms with van der Waals surface area (Å²) in [5.41, 5.74) is 6.05. The minimum Gasteiger partial charge on any atom is -0.0683 e. The van der Waals surface area contributed by atoms with Crippen molar-refractivity contribution in [1.82, 2.24) is 0 Å². The summed E-state index contributed by atoms with van der Waals surface area (Å²) in [5.74, 6) is 0. The molecule has 0 N–H and O–H groups in total. The molecule has 0 saturated carbocycles. The zero-order valence-corrected chi connectivity index (χ0v) is 19.6. The number of benzene rings is 2. The zero-order valence-electron chi connectivity index (χ0n) is 19.6. The Labute approximate surface area is 165 Å². The molecule has 0 spiro atoms. The fourth-order valence-electron chi connectivity index (χ4n) is 2.11. The van der Waals surface area contributed by atoms with Gasteiger partial charge in [-0.2, -0.15) is 0 Å². The van der Waals surface area contributed by atoms with Crippen molar-refractivity contribution in [1.29, 1.82) is 0 Å². The second-order valence-electron chi connectivity index (χ2n) is 8.23. The van der Waals surface area contributed by atoms with Crippen LogP contribution in [0.4, 0.5) is 0 Å². The summed E-state index contributed by atoms with van der Waals surface area (Å²) in [6, 6.07) is 17.5. The molecule has 0 aliphatic heterocycles. The summed E-state index contributed by atoms with van der Waals surface area (Å²) in [6.07, 6.45) is 0. The average Bonchev–Trinajstić information content (AvgIpc) is 2.58. The number of hydrogen-bond donors (Lipinski definition) is 0. The van der Waals surface area contributed by atoms with Crippen LogP contribution in [0, 0.1) is 13.8 Å². The van der Waals surface area contributed by atoms with Crippen LogP contribution in [0.3, 0.4) is 0 Å². The van der Waals surface area contributed by atoms with Gasteiger partial charge in [-0.25, -0.2) is 0 Å². The van der Waals surface area contributed by atoms with E-state index in [0.29, 0.717) is 0 Å². The fourth-order valence-corrected chi connectivity index (χ4v) is 2.11. The van der Waals surface area contributed by atoms with Gasteiger partial charge in [0.2, 0.25) is 0 Å². The van der Waals surface area contributed by atoms with Crippen molar-refractivity contribution in [2.24, 2.45) is 0 Å². The summed E-state index contributed by atoms with van der Waals surface area (Å²) >= 11 is 0. The van der Waals surface area contributed by atoms with Gasteiger partial charge < -0.3 is 0 Å². The topological polar surface area (TPSA) is 0 Å². The highest BCUT2D eigenvalue weighted by molar-refractivity contribution is 5.27. The highest BCUT2D eigenvalue weighted by Crippen LogP contribution is 2.22. The van der Waals surface area contributed by atoms with Crippen molar-refractivity contribution in [3.63, 3.8) is 0 Å². The Bertz CT molecular complexity index is 502. The van der Waals surface area contributed by atoms with Gasteiger partial charge in [-0.3, -0.25) is 0 Å². The normalized spacial score (nSPS) is 10.3. The molecule has 0 bridgehead atoms. The Morgan fingerprint density at radius 3 is 0.769 bits per heavy atom. The van der Waals surface area contributed by atoms with Crippen LogP contribution in [0.2, 0.25) is 0 Å². The summed E-state index contributed by atoms with van der Waals surface area (Å²) in [7, 11) is 0. The Morgan fingerprint density at radius 1 is 0.423 bits per heavy atom. The van der Waals surface area contributed by atoms with Crippen LogP contribution in [-0.2, 0) is 10.8 Å². The van der Waals surface area contributed by atoms with E-state index in [4.69, 9.17) is 0 Å². The number of rotatable bonds is 0. The molecule has 0 heteroatoms. The maximum atomic E-state index is 2.23. The lowest BCUT2D eigenvalue weighted by Gasteiger charge is -2.18. The lowest BCUT2D eigenvalue weighted by atomic mass is 9.87. The van der Waals surface area contributed by atoms with Gasteiger partial charge in [0.1, 0.15) is 0 Å². The molecule has 2 aromatic rings. The van der Waals surface area contributed by atoms with Crippen molar-refractivity contribution in [2.45, 2.75) is 93.9 Å². The second kappa shape index (κ2) is 12.7. The molecule has 2 aromatic carbocycles. The Kier molecular flexibility index (Phi) is 13.1. The van der Waals surface area contributed by atoms with Crippen molar-refractivity contribution >= 4 is 0 Å². The molecule has 0 fully saturated rings. The van der Waals surface area contributed by atoms with Gasteiger partial charge in [-0.15, -0.1) is 0 Å². The lowest BCUT2D eigenvalue weighted by molar-refractivity contribution is 0.590. The first kappa shape index (κ1) is 26.7. The minimum atomic E-state index is 0.285. The van der Waals surface area contributed by atoms with E-state index in [1.807, 2.05) is 27.7 Å². The first-order chi connectivity index (χ1) is 12.0. The molecular formula is C26H44. The number of aryl methyl sites for hydroxylation is 2. The van der Waals surface area contributed by atoms with Gasteiger partial charge in [-0.05, 0) is 35.8 Å². The Morgan fingerprint density at radius 2 is 0.615 bits per heavy atom. The van der Waals surface area contributed by atoms with Crippen LogP contribution < -0.4 is 0 Å². The highest BCUT2D eigenvalue weighted by atomic mass is 14.2. The Hall–Kier alpha value is -1.56. The van der Waals surface area contributed by atoms with Crippen molar-refractivity contribution in [3.05, 3.63) is 70.8 Å². The van der Waals surface area contributed by atoms with Crippen molar-refractivity contribution < 1.29 is 0 Å². The maximum Gasteiger partial charge on any atom is -0.0132 e. The Balaban J connectivity index is 0. The molecule has 2 rings (SSSR count). The zero-order chi connectivity index (χ0) is 21.0. The van der Waals surface area contributed by atoms with Gasteiger partial charge in [0.25, 0.3) is 0 Å². The predicted octanol–water partition coefficient (Wildman–Crippen LogP) is 8.64. The molecule has 0 unspecified atom stereocenters. The van der Waals surface area contributed by atoms with Crippen LogP contribution in [0.15, 0.2) is 48.5 Å². The largest absolute Gasteiger partial charge is 0.0683 e. The molecule has 0 aliphatic carbocycles. The highest BCUT2D eigenvalue weighted by Gasteiger charge is 2.12. The van der Waals surface area contributed by atoms with Crippen molar-refractivity contribution in [3.8, 4) is 0 Å². The first-order valence-corrected chi connectivity index (χ1v) is 10.1. The summed E-state index contributed by atoms with van der Waals surface area (Å²) in [6.45, 7) is 25.6. The van der Waals surface area contributed by atoms with Gasteiger partial charge in [0.15, 0.2) is 0 Å². The molecule has 0 atom stereocenters. The molecule has 0 nitrogen and oxygen atoms in total. The molecule has 0 radical (unpaired) electrons. The standard InChI is InChI=1S/2C11H16.2C2H6/c2*1-9-5-7-10(8-6-9)11(2,3)4;2*1-2/h2*5-8H,1-4H3;2*1-2H3. The van der Waals surface area contributed by atoms with E-state index in [1.165, 1.54) is 22.3 Å². The minimum absolute atomic E-state index is 0.285. The molecule has 148 valence electrons. The van der Waals surface area contributed by atoms with Crippen LogP contribution in [-0.4, -0.2) is 0 Å². The lowest BCUT2D eigenvalue weighted by Crippen LogP contribution is -2.10. The fraction of sp³-hybridized carbons (Fsp3) is 0.538. The first-order valence-electron chi connectivity index (χ1n) is 10.1. The second-order valence-corrected chi connectivity index (χ2v) is 8.23. The maximum absolute atomic E-state index is 2.23. The molecule has 0 amide bonds. The third-order valence-electron chi connectivity index (χ3n) is 3.84. The van der Waals surface area contributed by atoms with Gasteiger partial charge in [0, 0.05) is 0 Å². The monoisotopic (exact) mass is 356 g/mol. The summed E-state index contributed by atoms with van der Waals surface area (Å²) < 4.78 is 0. The van der Waals surface area contributed by atoms with E-state index in [2.05, 4.69) is 104 Å². The van der Waals surface area contributed by atoms with Gasteiger partial charge >= 0.3 is 0 Å². The van der Waals surface area contributed by atoms with Crippen LogP contribution in [0.5, 0.6) is 0 Å². The van der Waals surface area contributed by atoms with E-state index in [1.54, 1.807) is 0 Å². The predicted molar refractivity (Wildman–Crippen MR) is 122 cm³/mol. The van der Waals surface area contributed by atoms with Crippen LogP contribution >= 0.6 is 0 Å². The van der Waals surface area contributed by atoms with E-state index >= 15 is 0 Å². The van der Waals surface area contributed by atoms with E-state index < -0.39 is 0 Å². The molecular weight excluding hydrogens is 312 g/mol. The third kappa shape index (κ3) is 11.1. The van der Waals surface area contributed by atoms with E-state index in [0.717, 1.165) is 0 Å². The molecule has 0 aliphatic rings. The summed E-state index contributed by atoms with van der Waals surface area (Å²) in [5, 5.41) is 0.